The summed E-state index contributed by atoms with van der Waals surface area (Å²) in [6.07, 6.45) is -0.839. The van der Waals surface area contributed by atoms with Gasteiger partial charge < -0.3 is 15.7 Å². The highest BCUT2D eigenvalue weighted by molar-refractivity contribution is 5.80. The molecule has 2 aromatic heterocycles. The molecule has 1 aliphatic heterocycles. The molecule has 1 aromatic carbocycles. The molecule has 0 spiro atoms. The normalized spacial score (nSPS) is 18.9. The van der Waals surface area contributed by atoms with Gasteiger partial charge in [0, 0.05) is 48.2 Å². The van der Waals surface area contributed by atoms with Crippen molar-refractivity contribution in [3.8, 4) is 28.5 Å². The predicted octanol–water partition coefficient (Wildman–Crippen LogP) is 2.48. The summed E-state index contributed by atoms with van der Waals surface area (Å²) >= 11 is 0. The van der Waals surface area contributed by atoms with E-state index < -0.39 is 24.6 Å². The highest BCUT2D eigenvalue weighted by Crippen LogP contribution is 2.33. The van der Waals surface area contributed by atoms with Gasteiger partial charge in [-0.3, -0.25) is 4.68 Å². The van der Waals surface area contributed by atoms with Crippen LogP contribution in [-0.4, -0.2) is 56.3 Å². The molecule has 1 aliphatic rings. The highest BCUT2D eigenvalue weighted by Gasteiger charge is 2.29. The van der Waals surface area contributed by atoms with E-state index in [1.165, 1.54) is 30.7 Å². The number of benzene rings is 1. The number of nitrogens with zero attached hydrogens (tertiary/aromatic N) is 6. The lowest BCUT2D eigenvalue weighted by Gasteiger charge is -2.34. The number of hydrogen-bond acceptors (Lipinski definition) is 7. The van der Waals surface area contributed by atoms with Crippen molar-refractivity contribution < 1.29 is 22.7 Å². The summed E-state index contributed by atoms with van der Waals surface area (Å²) < 4.78 is 53.3. The van der Waals surface area contributed by atoms with Crippen LogP contribution < -0.4 is 10.6 Å². The quantitative estimate of drug-likeness (QED) is 0.574. The van der Waals surface area contributed by atoms with Crippen molar-refractivity contribution in [3.63, 3.8) is 0 Å². The summed E-state index contributed by atoms with van der Waals surface area (Å²) in [7, 11) is 0. The molecule has 2 atom stereocenters. The third kappa shape index (κ3) is 4.94. The molecule has 1 saturated heterocycles. The Bertz CT molecular complexity index is 1200. The molecule has 0 bridgehead atoms. The van der Waals surface area contributed by atoms with Crippen LogP contribution >= 0.6 is 0 Å². The van der Waals surface area contributed by atoms with Gasteiger partial charge >= 0.3 is 6.18 Å². The van der Waals surface area contributed by atoms with E-state index in [0.29, 0.717) is 29.7 Å². The minimum atomic E-state index is -4.45. The number of hydrogen-bond donors (Lipinski definition) is 2. The Morgan fingerprint density at radius 1 is 1.24 bits per heavy atom. The first kappa shape index (κ1) is 22.6. The maximum Gasteiger partial charge on any atom is 0.408 e. The largest absolute Gasteiger partial charge is 0.408 e. The predicted molar refractivity (Wildman–Crippen MR) is 110 cm³/mol. The molecule has 3 heterocycles. The maximum atomic E-state index is 14.3. The van der Waals surface area contributed by atoms with E-state index in [9.17, 15) is 22.7 Å². The van der Waals surface area contributed by atoms with Crippen LogP contribution in [0.15, 0.2) is 36.8 Å². The van der Waals surface area contributed by atoms with Crippen LogP contribution in [0.3, 0.4) is 0 Å². The number of piperidine rings is 1. The molecule has 12 heteroatoms. The van der Waals surface area contributed by atoms with E-state index in [0.717, 1.165) is 10.7 Å². The lowest BCUT2D eigenvalue weighted by atomic mass is 10.0. The number of rotatable bonds is 4. The molecule has 0 saturated carbocycles. The van der Waals surface area contributed by atoms with Crippen LogP contribution in [0.1, 0.15) is 12.0 Å². The van der Waals surface area contributed by atoms with Gasteiger partial charge in [-0.1, -0.05) is 6.07 Å². The minimum Gasteiger partial charge on any atom is -0.390 e. The van der Waals surface area contributed by atoms with E-state index in [1.807, 2.05) is 0 Å². The monoisotopic (exact) mass is 461 g/mol. The smallest absolute Gasteiger partial charge is 0.390 e. The Labute approximate surface area is 185 Å². The first-order valence-corrected chi connectivity index (χ1v) is 10.00. The Hall–Kier alpha value is -3.56. The number of halogens is 4. The molecule has 3 aromatic rings. The Balaban J connectivity index is 1.78. The summed E-state index contributed by atoms with van der Waals surface area (Å²) in [6.45, 7) is -0.577. The molecule has 1 fully saturated rings. The third-order valence-electron chi connectivity index (χ3n) is 5.34. The molecule has 4 rings (SSSR count). The first-order chi connectivity index (χ1) is 15.6. The second-order valence-electron chi connectivity index (χ2n) is 7.75. The van der Waals surface area contributed by atoms with Gasteiger partial charge in [-0.05, 0) is 18.6 Å². The average Bonchev–Trinajstić information content (AvgIpc) is 3.21. The second-order valence-corrected chi connectivity index (χ2v) is 7.75. The number of nitrogens with two attached hydrogens (primary N) is 1. The fourth-order valence-electron chi connectivity index (χ4n) is 3.61. The lowest BCUT2D eigenvalue weighted by molar-refractivity contribution is -0.142. The van der Waals surface area contributed by atoms with E-state index in [2.05, 4.69) is 15.1 Å². The van der Waals surface area contributed by atoms with Gasteiger partial charge in [0.25, 0.3) is 0 Å². The number of aliphatic hydroxyl groups excluding tert-OH is 1. The molecule has 0 amide bonds. The van der Waals surface area contributed by atoms with Crippen molar-refractivity contribution in [2.75, 3.05) is 18.0 Å². The Morgan fingerprint density at radius 3 is 2.70 bits per heavy atom. The number of anilines is 1. The summed E-state index contributed by atoms with van der Waals surface area (Å²) in [5.41, 5.74) is 6.91. The van der Waals surface area contributed by atoms with E-state index in [-0.39, 0.29) is 29.8 Å². The maximum absolute atomic E-state index is 14.3. The van der Waals surface area contributed by atoms with Crippen LogP contribution in [-0.2, 0) is 6.54 Å². The van der Waals surface area contributed by atoms with Gasteiger partial charge in [0.15, 0.2) is 0 Å². The lowest BCUT2D eigenvalue weighted by Crippen LogP contribution is -2.51. The standard InChI is InChI=1S/C21H19F4N7O/c22-16-5-12(1-2-13(16)6-26)19-15(14-7-29-32(9-14)11-21(23,24)25)8-28-20(30-19)31-4-3-17(27)18(33)10-31/h1-2,5,7-9,17-18,33H,3-4,10-11,27H2. The molecule has 8 nitrogen and oxygen atoms in total. The van der Waals surface area contributed by atoms with Gasteiger partial charge in [0.1, 0.15) is 18.4 Å². The highest BCUT2D eigenvalue weighted by atomic mass is 19.4. The van der Waals surface area contributed by atoms with Crippen LogP contribution in [0, 0.1) is 17.1 Å². The van der Waals surface area contributed by atoms with E-state index in [1.54, 1.807) is 11.0 Å². The van der Waals surface area contributed by atoms with Crippen molar-refractivity contribution in [2.45, 2.75) is 31.3 Å². The molecule has 3 N–H and O–H groups in total. The van der Waals surface area contributed by atoms with Crippen LogP contribution in [0.2, 0.25) is 0 Å². The zero-order valence-corrected chi connectivity index (χ0v) is 17.2. The number of β-amino-alcohol motifs (C(OH)–C–C–N with tert-alkyl or cyclic N) is 1. The van der Waals surface area contributed by atoms with Crippen LogP contribution in [0.5, 0.6) is 0 Å². The van der Waals surface area contributed by atoms with Crippen molar-refractivity contribution in [2.24, 2.45) is 5.73 Å². The van der Waals surface area contributed by atoms with Crippen LogP contribution in [0.25, 0.3) is 22.4 Å². The van der Waals surface area contributed by atoms with Crippen molar-refractivity contribution in [3.05, 3.63) is 48.2 Å². The van der Waals surface area contributed by atoms with Crippen LogP contribution in [0.4, 0.5) is 23.5 Å². The van der Waals surface area contributed by atoms with Crippen molar-refractivity contribution >= 4 is 5.95 Å². The zero-order chi connectivity index (χ0) is 23.8. The molecule has 33 heavy (non-hydrogen) atoms. The number of aromatic nitrogens is 4. The Kier molecular flexibility index (Phi) is 6.01. The fraction of sp³-hybridized carbons (Fsp3) is 0.333. The first-order valence-electron chi connectivity index (χ1n) is 10.00. The van der Waals surface area contributed by atoms with Gasteiger partial charge in [0.2, 0.25) is 5.95 Å². The number of alkyl halides is 3. The second kappa shape index (κ2) is 8.76. The number of aliphatic hydroxyl groups is 1. The molecule has 0 radical (unpaired) electrons. The van der Waals surface area contributed by atoms with Gasteiger partial charge in [-0.25, -0.2) is 14.4 Å². The van der Waals surface area contributed by atoms with E-state index >= 15 is 0 Å². The summed E-state index contributed by atoms with van der Waals surface area (Å²) in [4.78, 5) is 10.6. The van der Waals surface area contributed by atoms with Crippen molar-refractivity contribution in [1.29, 1.82) is 5.26 Å². The molecule has 172 valence electrons. The van der Waals surface area contributed by atoms with Crippen molar-refractivity contribution in [1.82, 2.24) is 19.7 Å². The summed E-state index contributed by atoms with van der Waals surface area (Å²) in [5.74, 6) is -0.500. The molecule has 2 unspecified atom stereocenters. The third-order valence-corrected chi connectivity index (χ3v) is 5.34. The molecular weight excluding hydrogens is 442 g/mol. The van der Waals surface area contributed by atoms with Gasteiger partial charge in [-0.15, -0.1) is 0 Å². The fourth-order valence-corrected chi connectivity index (χ4v) is 3.61. The van der Waals surface area contributed by atoms with E-state index in [4.69, 9.17) is 11.0 Å². The summed E-state index contributed by atoms with van der Waals surface area (Å²) in [5, 5.41) is 22.9. The topological polar surface area (TPSA) is 117 Å². The average molecular weight is 461 g/mol. The Morgan fingerprint density at radius 2 is 2.03 bits per heavy atom. The number of nitriles is 1. The van der Waals surface area contributed by atoms with Gasteiger partial charge in [-0.2, -0.15) is 23.5 Å². The SMILES string of the molecule is N#Cc1ccc(-c2nc(N3CCC(N)C(O)C3)ncc2-c2cnn(CC(F)(F)F)c2)cc1F. The van der Waals surface area contributed by atoms with Gasteiger partial charge in [0.05, 0.1) is 23.6 Å². The molecule has 0 aliphatic carbocycles. The zero-order valence-electron chi connectivity index (χ0n) is 17.2. The summed E-state index contributed by atoms with van der Waals surface area (Å²) in [6, 6.07) is 5.30. The minimum absolute atomic E-state index is 0.152. The molecular formula is C21H19F4N7O.